The van der Waals surface area contributed by atoms with Crippen LogP contribution in [0.1, 0.15) is 28.9 Å². The summed E-state index contributed by atoms with van der Waals surface area (Å²) in [5.41, 5.74) is 3.29. The van der Waals surface area contributed by atoms with Gasteiger partial charge in [-0.3, -0.25) is 4.79 Å². The molecule has 5 rings (SSSR count). The van der Waals surface area contributed by atoms with Crippen LogP contribution in [0.2, 0.25) is 10.0 Å². The minimum absolute atomic E-state index is 0.119. The first-order valence-electron chi connectivity index (χ1n) is 11.4. The summed E-state index contributed by atoms with van der Waals surface area (Å²) < 4.78 is 25.8. The molecule has 1 aliphatic rings. The molecule has 0 radical (unpaired) electrons. The Kier molecular flexibility index (Phi) is 6.72. The highest BCUT2D eigenvalue weighted by Crippen LogP contribution is 2.41. The molecule has 0 atom stereocenters. The Morgan fingerprint density at radius 1 is 1.00 bits per heavy atom. The molecule has 0 saturated carbocycles. The van der Waals surface area contributed by atoms with E-state index in [0.717, 1.165) is 33.7 Å². The molecule has 2 aromatic carbocycles. The molecule has 0 unspecified atom stereocenters. The fourth-order valence-corrected chi connectivity index (χ4v) is 6.74. The number of amides is 1. The summed E-state index contributed by atoms with van der Waals surface area (Å²) >= 11 is 14.6. The molecule has 1 aliphatic heterocycles. The third-order valence-corrected chi connectivity index (χ3v) is 9.20. The largest absolute Gasteiger partial charge is 0.337 e. The van der Waals surface area contributed by atoms with Crippen LogP contribution in [-0.2, 0) is 9.84 Å². The smallest absolute Gasteiger partial charge is 0.274 e. The summed E-state index contributed by atoms with van der Waals surface area (Å²) in [4.78, 5) is 17.1. The van der Waals surface area contributed by atoms with Gasteiger partial charge in [-0.05, 0) is 67.3 Å². The van der Waals surface area contributed by atoms with Crippen LogP contribution in [0.3, 0.4) is 0 Å². The fourth-order valence-electron chi connectivity index (χ4n) is 4.35. The number of carbonyl (C=O) groups is 1. The summed E-state index contributed by atoms with van der Waals surface area (Å²) in [5.74, 6) is -0.119. The lowest BCUT2D eigenvalue weighted by atomic mass is 10.1. The number of sulfone groups is 1. The molecule has 0 spiro atoms. The first kappa shape index (κ1) is 25.0. The first-order valence-corrected chi connectivity index (χ1v) is 14.8. The summed E-state index contributed by atoms with van der Waals surface area (Å²) in [6.45, 7) is 3.41. The van der Waals surface area contributed by atoms with Crippen molar-refractivity contribution in [1.29, 1.82) is 0 Å². The number of para-hydroxylation sites is 1. The van der Waals surface area contributed by atoms with Crippen molar-refractivity contribution < 1.29 is 13.2 Å². The van der Waals surface area contributed by atoms with Crippen molar-refractivity contribution in [3.05, 3.63) is 75.9 Å². The van der Waals surface area contributed by atoms with Gasteiger partial charge >= 0.3 is 0 Å². The van der Waals surface area contributed by atoms with Crippen LogP contribution < -0.4 is 0 Å². The maximum Gasteiger partial charge on any atom is 0.274 e. The van der Waals surface area contributed by atoms with E-state index < -0.39 is 9.84 Å². The predicted molar refractivity (Wildman–Crippen MR) is 145 cm³/mol. The van der Waals surface area contributed by atoms with Crippen LogP contribution in [0, 0.1) is 6.92 Å². The molecule has 0 N–H and O–H groups in total. The Labute approximate surface area is 224 Å². The third kappa shape index (κ3) is 4.70. The van der Waals surface area contributed by atoms with Gasteiger partial charge in [-0.15, -0.1) is 11.3 Å². The zero-order valence-electron chi connectivity index (χ0n) is 19.7. The maximum absolute atomic E-state index is 13.2. The zero-order chi connectivity index (χ0) is 25.6. The molecule has 0 bridgehead atoms. The Bertz CT molecular complexity index is 1570. The number of benzene rings is 2. The van der Waals surface area contributed by atoms with E-state index in [9.17, 15) is 13.2 Å². The number of likely N-dealkylation sites (tertiary alicyclic amines) is 1. The van der Waals surface area contributed by atoms with E-state index in [1.807, 2.05) is 24.0 Å². The normalized spacial score (nSPS) is 13.9. The SMILES string of the molecule is Cc1cc(-c2cccc(S(C)(=O)=O)c2)sc1-c1cc(C(=O)N2CCCC2)nn1-c1c(Cl)cccc1Cl. The van der Waals surface area contributed by atoms with Crippen LogP contribution in [-0.4, -0.2) is 48.4 Å². The summed E-state index contributed by atoms with van der Waals surface area (Å²) in [5, 5.41) is 5.51. The van der Waals surface area contributed by atoms with Gasteiger partial charge in [0.1, 0.15) is 5.69 Å². The van der Waals surface area contributed by atoms with Crippen LogP contribution >= 0.6 is 34.5 Å². The molecule has 1 fully saturated rings. The predicted octanol–water partition coefficient (Wildman–Crippen LogP) is 6.52. The van der Waals surface area contributed by atoms with Crippen molar-refractivity contribution in [1.82, 2.24) is 14.7 Å². The van der Waals surface area contributed by atoms with Gasteiger partial charge in [-0.25, -0.2) is 13.1 Å². The van der Waals surface area contributed by atoms with E-state index in [0.29, 0.717) is 40.2 Å². The lowest BCUT2D eigenvalue weighted by Crippen LogP contribution is -2.28. The fraction of sp³-hybridized carbons (Fsp3) is 0.231. The first-order chi connectivity index (χ1) is 17.1. The van der Waals surface area contributed by atoms with Crippen molar-refractivity contribution >= 4 is 50.3 Å². The third-order valence-electron chi connectivity index (χ3n) is 6.17. The zero-order valence-corrected chi connectivity index (χ0v) is 22.8. The number of hydrogen-bond donors (Lipinski definition) is 0. The Hall–Kier alpha value is -2.65. The highest BCUT2D eigenvalue weighted by Gasteiger charge is 2.26. The summed E-state index contributed by atoms with van der Waals surface area (Å²) in [6, 6.07) is 15.9. The van der Waals surface area contributed by atoms with E-state index >= 15 is 0 Å². The average Bonchev–Trinajstić information content (AvgIpc) is 3.58. The van der Waals surface area contributed by atoms with Crippen molar-refractivity contribution in [3.63, 3.8) is 0 Å². The van der Waals surface area contributed by atoms with E-state index in [4.69, 9.17) is 23.2 Å². The Morgan fingerprint density at radius 2 is 1.67 bits per heavy atom. The second-order valence-electron chi connectivity index (χ2n) is 8.82. The number of hydrogen-bond acceptors (Lipinski definition) is 5. The molecule has 0 aliphatic carbocycles. The van der Waals surface area contributed by atoms with Gasteiger partial charge in [0.25, 0.3) is 5.91 Å². The molecular weight excluding hydrogens is 537 g/mol. The molecule has 1 amide bonds. The van der Waals surface area contributed by atoms with Crippen molar-refractivity contribution in [3.8, 4) is 26.7 Å². The second kappa shape index (κ2) is 9.67. The molecule has 3 heterocycles. The number of rotatable bonds is 5. The van der Waals surface area contributed by atoms with Crippen LogP contribution in [0.5, 0.6) is 0 Å². The van der Waals surface area contributed by atoms with Crippen LogP contribution in [0.25, 0.3) is 26.7 Å². The van der Waals surface area contributed by atoms with Gasteiger partial charge in [-0.2, -0.15) is 5.10 Å². The van der Waals surface area contributed by atoms with Gasteiger partial charge < -0.3 is 4.90 Å². The van der Waals surface area contributed by atoms with E-state index in [2.05, 4.69) is 5.10 Å². The van der Waals surface area contributed by atoms with Crippen molar-refractivity contribution in [2.45, 2.75) is 24.7 Å². The molecule has 36 heavy (non-hydrogen) atoms. The summed E-state index contributed by atoms with van der Waals surface area (Å²) in [7, 11) is -3.34. The number of aromatic nitrogens is 2. The van der Waals surface area contributed by atoms with Crippen molar-refractivity contribution in [2.75, 3.05) is 19.3 Å². The van der Waals surface area contributed by atoms with Crippen LogP contribution in [0.4, 0.5) is 0 Å². The van der Waals surface area contributed by atoms with Crippen molar-refractivity contribution in [2.24, 2.45) is 0 Å². The molecule has 2 aromatic heterocycles. The Balaban J connectivity index is 1.66. The quantitative estimate of drug-likeness (QED) is 0.279. The minimum Gasteiger partial charge on any atom is -0.337 e. The minimum atomic E-state index is -3.34. The summed E-state index contributed by atoms with van der Waals surface area (Å²) in [6.07, 6.45) is 3.16. The number of carbonyl (C=O) groups excluding carboxylic acids is 1. The lowest BCUT2D eigenvalue weighted by molar-refractivity contribution is 0.0786. The lowest BCUT2D eigenvalue weighted by Gasteiger charge is -2.13. The highest BCUT2D eigenvalue weighted by atomic mass is 35.5. The van der Waals surface area contributed by atoms with Gasteiger partial charge in [0.15, 0.2) is 15.5 Å². The number of halogens is 2. The molecule has 10 heteroatoms. The van der Waals surface area contributed by atoms with E-state index in [-0.39, 0.29) is 10.8 Å². The maximum atomic E-state index is 13.2. The van der Waals surface area contributed by atoms with Gasteiger partial charge in [-0.1, -0.05) is 41.4 Å². The molecule has 4 aromatic rings. The molecular formula is C26H23Cl2N3O3S2. The van der Waals surface area contributed by atoms with Crippen LogP contribution in [0.15, 0.2) is 59.5 Å². The second-order valence-corrected chi connectivity index (χ2v) is 12.7. The topological polar surface area (TPSA) is 72.3 Å². The number of nitrogens with zero attached hydrogens (tertiary/aromatic N) is 3. The van der Waals surface area contributed by atoms with E-state index in [1.54, 1.807) is 47.1 Å². The Morgan fingerprint density at radius 3 is 2.33 bits per heavy atom. The van der Waals surface area contributed by atoms with Gasteiger partial charge in [0.05, 0.1) is 25.5 Å². The van der Waals surface area contributed by atoms with Gasteiger partial charge in [0, 0.05) is 24.2 Å². The molecule has 6 nitrogen and oxygen atoms in total. The standard InChI is InChI=1S/C26H23Cl2N3O3S2/c1-16-13-23(17-7-5-8-18(14-17)36(2,33)34)35-25(16)22-15-21(26(32)30-11-3-4-12-30)29-31(22)24-19(27)9-6-10-20(24)28/h5-10,13-15H,3-4,11-12H2,1-2H3. The van der Waals surface area contributed by atoms with E-state index in [1.165, 1.54) is 17.6 Å². The number of aryl methyl sites for hydroxylation is 1. The molecule has 186 valence electrons. The van der Waals surface area contributed by atoms with Gasteiger partial charge in [0.2, 0.25) is 0 Å². The number of thiophene rings is 1. The molecule has 1 saturated heterocycles. The average molecular weight is 561 g/mol. The monoisotopic (exact) mass is 559 g/mol. The highest BCUT2D eigenvalue weighted by molar-refractivity contribution is 7.90.